The molecule has 1 aliphatic heterocycles. The standard InChI is InChI=1S/C11H16N4O3S/c12-11(14-16)10-9(3-1-4-13-10)15-5-2-7-19(17,18)8-6-15/h1,3-4,16H,2,5-8H2,(H2,12,14). The Hall–Kier alpha value is -1.83. The predicted molar refractivity (Wildman–Crippen MR) is 72.2 cm³/mol. The maximum atomic E-state index is 11.6. The van der Waals surface area contributed by atoms with Crippen LogP contribution in [-0.2, 0) is 9.84 Å². The summed E-state index contributed by atoms with van der Waals surface area (Å²) in [6.45, 7) is 0.996. The van der Waals surface area contributed by atoms with Crippen LogP contribution >= 0.6 is 0 Å². The Kier molecular flexibility index (Phi) is 3.89. The van der Waals surface area contributed by atoms with Crippen molar-refractivity contribution in [1.29, 1.82) is 0 Å². The number of amidine groups is 1. The molecule has 2 heterocycles. The lowest BCUT2D eigenvalue weighted by molar-refractivity contribution is 0.318. The van der Waals surface area contributed by atoms with E-state index in [9.17, 15) is 8.42 Å². The number of anilines is 1. The Morgan fingerprint density at radius 1 is 1.42 bits per heavy atom. The summed E-state index contributed by atoms with van der Waals surface area (Å²) in [6, 6.07) is 3.53. The number of rotatable bonds is 2. The molecule has 0 bridgehead atoms. The second kappa shape index (κ2) is 5.43. The van der Waals surface area contributed by atoms with Crippen molar-refractivity contribution in [3.63, 3.8) is 0 Å². The first-order chi connectivity index (χ1) is 9.03. The largest absolute Gasteiger partial charge is 0.409 e. The van der Waals surface area contributed by atoms with Gasteiger partial charge in [-0.3, -0.25) is 4.98 Å². The molecule has 0 unspecified atom stereocenters. The number of nitrogens with zero attached hydrogens (tertiary/aromatic N) is 3. The molecule has 1 saturated heterocycles. The Bertz CT molecular complexity index is 585. The third-order valence-electron chi connectivity index (χ3n) is 3.03. The van der Waals surface area contributed by atoms with Crippen LogP contribution in [0.15, 0.2) is 23.5 Å². The van der Waals surface area contributed by atoms with Gasteiger partial charge in [-0.05, 0) is 18.6 Å². The molecule has 0 spiro atoms. The maximum absolute atomic E-state index is 11.6. The molecule has 1 aromatic heterocycles. The zero-order chi connectivity index (χ0) is 13.9. The molecule has 1 fully saturated rings. The van der Waals surface area contributed by atoms with Crippen LogP contribution in [0.2, 0.25) is 0 Å². The van der Waals surface area contributed by atoms with Gasteiger partial charge in [0.2, 0.25) is 0 Å². The normalized spacial score (nSPS) is 20.0. The molecule has 3 N–H and O–H groups in total. The Morgan fingerprint density at radius 2 is 2.21 bits per heavy atom. The summed E-state index contributed by atoms with van der Waals surface area (Å²) in [5.74, 6) is 0.225. The van der Waals surface area contributed by atoms with Crippen LogP contribution in [-0.4, -0.2) is 49.0 Å². The first-order valence-corrected chi connectivity index (χ1v) is 7.74. The molecule has 0 atom stereocenters. The van der Waals surface area contributed by atoms with Crippen LogP contribution < -0.4 is 10.6 Å². The second-order valence-corrected chi connectivity index (χ2v) is 6.65. The molecule has 2 rings (SSSR count). The van der Waals surface area contributed by atoms with Crippen molar-refractivity contribution in [2.75, 3.05) is 29.5 Å². The van der Waals surface area contributed by atoms with Gasteiger partial charge in [0.05, 0.1) is 17.2 Å². The molecule has 19 heavy (non-hydrogen) atoms. The van der Waals surface area contributed by atoms with Crippen molar-refractivity contribution in [2.24, 2.45) is 10.9 Å². The molecule has 1 aliphatic rings. The van der Waals surface area contributed by atoms with E-state index in [0.717, 1.165) is 0 Å². The van der Waals surface area contributed by atoms with Gasteiger partial charge in [-0.2, -0.15) is 0 Å². The van der Waals surface area contributed by atoms with Gasteiger partial charge in [0.15, 0.2) is 15.7 Å². The van der Waals surface area contributed by atoms with Gasteiger partial charge in [0.25, 0.3) is 0 Å². The molecular weight excluding hydrogens is 268 g/mol. The van der Waals surface area contributed by atoms with Crippen LogP contribution in [0.4, 0.5) is 5.69 Å². The first-order valence-electron chi connectivity index (χ1n) is 5.92. The SMILES string of the molecule is N/C(=N/O)c1ncccc1N1CCCS(=O)(=O)CC1. The number of aromatic nitrogens is 1. The molecule has 0 aromatic carbocycles. The highest BCUT2D eigenvalue weighted by Crippen LogP contribution is 2.20. The molecule has 8 heteroatoms. The van der Waals surface area contributed by atoms with E-state index in [1.165, 1.54) is 0 Å². The van der Waals surface area contributed by atoms with Crippen molar-refractivity contribution in [2.45, 2.75) is 6.42 Å². The molecule has 0 amide bonds. The average molecular weight is 284 g/mol. The quantitative estimate of drug-likeness (QED) is 0.337. The van der Waals surface area contributed by atoms with Gasteiger partial charge < -0.3 is 15.8 Å². The minimum atomic E-state index is -2.97. The monoisotopic (exact) mass is 284 g/mol. The van der Waals surface area contributed by atoms with Crippen molar-refractivity contribution >= 4 is 21.4 Å². The molecular formula is C11H16N4O3S. The van der Waals surface area contributed by atoms with E-state index in [4.69, 9.17) is 10.9 Å². The minimum absolute atomic E-state index is 0.0808. The highest BCUT2D eigenvalue weighted by molar-refractivity contribution is 7.91. The number of oxime groups is 1. The first kappa shape index (κ1) is 13.6. The summed E-state index contributed by atoms with van der Waals surface area (Å²) in [4.78, 5) is 5.99. The zero-order valence-electron chi connectivity index (χ0n) is 10.4. The van der Waals surface area contributed by atoms with Crippen LogP contribution in [0.3, 0.4) is 0 Å². The molecule has 0 aliphatic carbocycles. The number of hydrogen-bond donors (Lipinski definition) is 2. The van der Waals surface area contributed by atoms with E-state index in [2.05, 4.69) is 10.1 Å². The van der Waals surface area contributed by atoms with Crippen LogP contribution in [0.25, 0.3) is 0 Å². The summed E-state index contributed by atoms with van der Waals surface area (Å²) >= 11 is 0. The van der Waals surface area contributed by atoms with Gasteiger partial charge in [-0.25, -0.2) is 8.42 Å². The van der Waals surface area contributed by atoms with Crippen LogP contribution in [0.1, 0.15) is 12.1 Å². The van der Waals surface area contributed by atoms with E-state index in [-0.39, 0.29) is 17.3 Å². The Labute approximate surface area is 111 Å². The van der Waals surface area contributed by atoms with E-state index in [1.54, 1.807) is 18.3 Å². The van der Waals surface area contributed by atoms with Crippen molar-refractivity contribution < 1.29 is 13.6 Å². The number of hydrogen-bond acceptors (Lipinski definition) is 6. The topological polar surface area (TPSA) is 109 Å². The number of pyridine rings is 1. The Morgan fingerprint density at radius 3 is 2.95 bits per heavy atom. The fourth-order valence-electron chi connectivity index (χ4n) is 2.08. The summed E-state index contributed by atoms with van der Waals surface area (Å²) in [7, 11) is -2.97. The average Bonchev–Trinajstić information content (AvgIpc) is 2.59. The fourth-order valence-corrected chi connectivity index (χ4v) is 3.35. The third-order valence-corrected chi connectivity index (χ3v) is 4.75. The van der Waals surface area contributed by atoms with Crippen molar-refractivity contribution in [1.82, 2.24) is 4.98 Å². The van der Waals surface area contributed by atoms with E-state index in [1.807, 2.05) is 4.90 Å². The summed E-state index contributed by atoms with van der Waals surface area (Å²) in [6.07, 6.45) is 2.11. The van der Waals surface area contributed by atoms with Gasteiger partial charge in [0, 0.05) is 19.3 Å². The number of nitrogens with two attached hydrogens (primary N) is 1. The highest BCUT2D eigenvalue weighted by Gasteiger charge is 2.22. The lowest BCUT2D eigenvalue weighted by atomic mass is 10.2. The maximum Gasteiger partial charge on any atom is 0.190 e. The second-order valence-electron chi connectivity index (χ2n) is 4.35. The lowest BCUT2D eigenvalue weighted by Gasteiger charge is -2.23. The van der Waals surface area contributed by atoms with Crippen LogP contribution in [0.5, 0.6) is 0 Å². The van der Waals surface area contributed by atoms with Crippen LogP contribution in [0, 0.1) is 0 Å². The lowest BCUT2D eigenvalue weighted by Crippen LogP contribution is -2.30. The van der Waals surface area contributed by atoms with E-state index in [0.29, 0.717) is 30.9 Å². The highest BCUT2D eigenvalue weighted by atomic mass is 32.2. The number of sulfone groups is 1. The molecule has 0 radical (unpaired) electrons. The zero-order valence-corrected chi connectivity index (χ0v) is 11.2. The van der Waals surface area contributed by atoms with Gasteiger partial charge in [0.1, 0.15) is 5.69 Å². The summed E-state index contributed by atoms with van der Waals surface area (Å²) in [5, 5.41) is 11.7. The van der Waals surface area contributed by atoms with Gasteiger partial charge >= 0.3 is 0 Å². The van der Waals surface area contributed by atoms with Crippen molar-refractivity contribution in [3.05, 3.63) is 24.0 Å². The molecule has 7 nitrogen and oxygen atoms in total. The van der Waals surface area contributed by atoms with E-state index < -0.39 is 9.84 Å². The van der Waals surface area contributed by atoms with Gasteiger partial charge in [-0.1, -0.05) is 5.16 Å². The predicted octanol–water partition coefficient (Wildman–Crippen LogP) is -0.199. The molecule has 1 aromatic rings. The third kappa shape index (κ3) is 3.14. The smallest absolute Gasteiger partial charge is 0.190 e. The van der Waals surface area contributed by atoms with Crippen molar-refractivity contribution in [3.8, 4) is 0 Å². The summed E-state index contributed by atoms with van der Waals surface area (Å²) < 4.78 is 23.2. The van der Waals surface area contributed by atoms with Gasteiger partial charge in [-0.15, -0.1) is 0 Å². The molecule has 0 saturated carbocycles. The molecule has 104 valence electrons. The summed E-state index contributed by atoms with van der Waals surface area (Å²) in [5.41, 5.74) is 6.64. The Balaban J connectivity index is 2.32. The minimum Gasteiger partial charge on any atom is -0.409 e. The van der Waals surface area contributed by atoms with E-state index >= 15 is 0 Å². The fraction of sp³-hybridized carbons (Fsp3) is 0.455.